The molecule has 3 rings (SSSR count). The van der Waals surface area contributed by atoms with Gasteiger partial charge in [0.15, 0.2) is 5.65 Å². The van der Waals surface area contributed by atoms with Crippen molar-refractivity contribution < 1.29 is 9.59 Å². The molecule has 1 N–H and O–H groups in total. The molecule has 2 aromatic rings. The Labute approximate surface area is 134 Å². The van der Waals surface area contributed by atoms with Crippen molar-refractivity contribution in [2.24, 2.45) is 0 Å². The number of urea groups is 1. The number of nitrogens with zero attached hydrogens (tertiary/aromatic N) is 5. The summed E-state index contributed by atoms with van der Waals surface area (Å²) in [6, 6.07) is 1.77. The van der Waals surface area contributed by atoms with E-state index in [0.29, 0.717) is 43.9 Å². The number of hydrogen-bond acceptors (Lipinski definition) is 4. The smallest absolute Gasteiger partial charge is 0.317 e. The zero-order valence-electron chi connectivity index (χ0n) is 13.3. The fourth-order valence-electron chi connectivity index (χ4n) is 2.66. The van der Waals surface area contributed by atoms with E-state index in [0.717, 1.165) is 5.69 Å². The Morgan fingerprint density at radius 3 is 2.61 bits per heavy atom. The SMILES string of the molecule is CCNC(=O)N1CCN(C(=O)c2cnn3ccc(C)nc23)CC1. The number of aryl methyl sites for hydroxylation is 1. The van der Waals surface area contributed by atoms with Crippen molar-refractivity contribution in [3.8, 4) is 0 Å². The highest BCUT2D eigenvalue weighted by atomic mass is 16.2. The quantitative estimate of drug-likeness (QED) is 0.876. The van der Waals surface area contributed by atoms with Crippen LogP contribution in [0.25, 0.3) is 5.65 Å². The van der Waals surface area contributed by atoms with Crippen molar-refractivity contribution in [1.29, 1.82) is 0 Å². The minimum Gasteiger partial charge on any atom is -0.338 e. The van der Waals surface area contributed by atoms with E-state index < -0.39 is 0 Å². The molecule has 0 saturated carbocycles. The Morgan fingerprint density at radius 1 is 1.22 bits per heavy atom. The molecular weight excluding hydrogens is 296 g/mol. The number of carbonyl (C=O) groups is 2. The first-order chi connectivity index (χ1) is 11.1. The van der Waals surface area contributed by atoms with Crippen LogP contribution in [0.3, 0.4) is 0 Å². The van der Waals surface area contributed by atoms with Gasteiger partial charge in [0.25, 0.3) is 5.91 Å². The fourth-order valence-corrected chi connectivity index (χ4v) is 2.66. The Bertz CT molecular complexity index is 733. The van der Waals surface area contributed by atoms with Crippen molar-refractivity contribution in [3.05, 3.63) is 29.7 Å². The Hall–Kier alpha value is -2.64. The third kappa shape index (κ3) is 2.96. The minimum atomic E-state index is -0.0892. The topological polar surface area (TPSA) is 82.8 Å². The highest BCUT2D eigenvalue weighted by Gasteiger charge is 2.26. The number of fused-ring (bicyclic) bond motifs is 1. The van der Waals surface area contributed by atoms with Crippen LogP contribution in [0.4, 0.5) is 4.79 Å². The van der Waals surface area contributed by atoms with Crippen LogP contribution < -0.4 is 5.32 Å². The van der Waals surface area contributed by atoms with Gasteiger partial charge in [0, 0.05) is 44.6 Å². The maximum Gasteiger partial charge on any atom is 0.317 e. The van der Waals surface area contributed by atoms with E-state index >= 15 is 0 Å². The van der Waals surface area contributed by atoms with E-state index in [9.17, 15) is 9.59 Å². The summed E-state index contributed by atoms with van der Waals surface area (Å²) in [6.07, 6.45) is 3.35. The van der Waals surface area contributed by atoms with Crippen molar-refractivity contribution >= 4 is 17.6 Å². The maximum absolute atomic E-state index is 12.7. The summed E-state index contributed by atoms with van der Waals surface area (Å²) < 4.78 is 1.60. The van der Waals surface area contributed by atoms with E-state index in [4.69, 9.17) is 0 Å². The first-order valence-electron chi connectivity index (χ1n) is 7.73. The molecule has 0 unspecified atom stereocenters. The highest BCUT2D eigenvalue weighted by molar-refractivity contribution is 5.99. The van der Waals surface area contributed by atoms with Crippen molar-refractivity contribution in [2.45, 2.75) is 13.8 Å². The number of aromatic nitrogens is 3. The van der Waals surface area contributed by atoms with E-state index in [1.165, 1.54) is 0 Å². The fraction of sp³-hybridized carbons (Fsp3) is 0.467. The summed E-state index contributed by atoms with van der Waals surface area (Å²) in [7, 11) is 0. The Morgan fingerprint density at radius 2 is 1.91 bits per heavy atom. The van der Waals surface area contributed by atoms with E-state index in [-0.39, 0.29) is 11.9 Å². The third-order valence-corrected chi connectivity index (χ3v) is 3.92. The molecule has 122 valence electrons. The largest absolute Gasteiger partial charge is 0.338 e. The molecule has 1 aliphatic heterocycles. The normalized spacial score (nSPS) is 15.0. The molecule has 3 amide bonds. The number of carbonyl (C=O) groups excluding carboxylic acids is 2. The lowest BCUT2D eigenvalue weighted by Gasteiger charge is -2.34. The van der Waals surface area contributed by atoms with Gasteiger partial charge >= 0.3 is 6.03 Å². The predicted octanol–water partition coefficient (Wildman–Crippen LogP) is 0.525. The second-order valence-corrected chi connectivity index (χ2v) is 5.51. The van der Waals surface area contributed by atoms with Gasteiger partial charge in [0.05, 0.1) is 6.20 Å². The van der Waals surface area contributed by atoms with Gasteiger partial charge in [-0.05, 0) is 19.9 Å². The van der Waals surface area contributed by atoms with Gasteiger partial charge in [-0.15, -0.1) is 0 Å². The zero-order valence-corrected chi connectivity index (χ0v) is 13.3. The molecule has 0 aromatic carbocycles. The molecule has 8 nitrogen and oxygen atoms in total. The maximum atomic E-state index is 12.7. The van der Waals surface area contributed by atoms with Crippen LogP contribution in [0, 0.1) is 6.92 Å². The molecule has 1 saturated heterocycles. The monoisotopic (exact) mass is 316 g/mol. The minimum absolute atomic E-state index is 0.0760. The number of nitrogens with one attached hydrogen (secondary N) is 1. The zero-order chi connectivity index (χ0) is 16.4. The molecule has 8 heteroatoms. The molecule has 0 radical (unpaired) electrons. The number of rotatable bonds is 2. The lowest BCUT2D eigenvalue weighted by Crippen LogP contribution is -2.53. The lowest BCUT2D eigenvalue weighted by atomic mass is 10.2. The van der Waals surface area contributed by atoms with Gasteiger partial charge in [0.1, 0.15) is 5.56 Å². The van der Waals surface area contributed by atoms with Crippen LogP contribution in [0.5, 0.6) is 0 Å². The Kier molecular flexibility index (Phi) is 4.14. The van der Waals surface area contributed by atoms with Crippen molar-refractivity contribution in [3.63, 3.8) is 0 Å². The van der Waals surface area contributed by atoms with E-state index in [1.807, 2.05) is 19.9 Å². The van der Waals surface area contributed by atoms with Gasteiger partial charge in [-0.2, -0.15) is 5.10 Å². The molecule has 23 heavy (non-hydrogen) atoms. The van der Waals surface area contributed by atoms with Gasteiger partial charge in [-0.3, -0.25) is 4.79 Å². The lowest BCUT2D eigenvalue weighted by molar-refractivity contribution is 0.0667. The second kappa shape index (κ2) is 6.23. The number of piperazine rings is 1. The predicted molar refractivity (Wildman–Crippen MR) is 84.3 cm³/mol. The Balaban J connectivity index is 1.72. The third-order valence-electron chi connectivity index (χ3n) is 3.92. The molecule has 0 atom stereocenters. The number of hydrogen-bond donors (Lipinski definition) is 1. The van der Waals surface area contributed by atoms with Crippen molar-refractivity contribution in [1.82, 2.24) is 29.7 Å². The molecule has 2 aromatic heterocycles. The first-order valence-corrected chi connectivity index (χ1v) is 7.73. The summed E-state index contributed by atoms with van der Waals surface area (Å²) in [4.78, 5) is 32.4. The van der Waals surface area contributed by atoms with E-state index in [2.05, 4.69) is 15.4 Å². The second-order valence-electron chi connectivity index (χ2n) is 5.51. The van der Waals surface area contributed by atoms with Crippen LogP contribution in [0.1, 0.15) is 23.0 Å². The molecule has 0 aliphatic carbocycles. The average Bonchev–Trinajstić information content (AvgIpc) is 2.97. The van der Waals surface area contributed by atoms with Crippen LogP contribution in [-0.2, 0) is 0 Å². The van der Waals surface area contributed by atoms with Crippen LogP contribution in [0.2, 0.25) is 0 Å². The number of amides is 3. The molecule has 0 spiro atoms. The van der Waals surface area contributed by atoms with Gasteiger partial charge in [-0.25, -0.2) is 14.3 Å². The first kappa shape index (κ1) is 15.3. The molecular formula is C15H20N6O2. The standard InChI is InChI=1S/C15H20N6O2/c1-3-16-15(23)20-8-6-19(7-9-20)14(22)12-10-17-21-5-4-11(2)18-13(12)21/h4-5,10H,3,6-9H2,1-2H3,(H,16,23). The van der Waals surface area contributed by atoms with E-state index in [1.54, 1.807) is 26.7 Å². The molecule has 1 fully saturated rings. The van der Waals surface area contributed by atoms with Gasteiger partial charge < -0.3 is 15.1 Å². The summed E-state index contributed by atoms with van der Waals surface area (Å²) >= 11 is 0. The molecule has 1 aliphatic rings. The summed E-state index contributed by atoms with van der Waals surface area (Å²) in [5.41, 5.74) is 1.91. The summed E-state index contributed by atoms with van der Waals surface area (Å²) in [6.45, 7) is 6.46. The molecule has 0 bridgehead atoms. The van der Waals surface area contributed by atoms with Crippen LogP contribution >= 0.6 is 0 Å². The van der Waals surface area contributed by atoms with Gasteiger partial charge in [-0.1, -0.05) is 0 Å². The van der Waals surface area contributed by atoms with Gasteiger partial charge in [0.2, 0.25) is 0 Å². The molecule has 3 heterocycles. The summed E-state index contributed by atoms with van der Waals surface area (Å²) in [5.74, 6) is -0.0892. The van der Waals surface area contributed by atoms with Crippen molar-refractivity contribution in [2.75, 3.05) is 32.7 Å². The average molecular weight is 316 g/mol. The summed E-state index contributed by atoms with van der Waals surface area (Å²) in [5, 5.41) is 6.95. The van der Waals surface area contributed by atoms with Crippen LogP contribution in [0.15, 0.2) is 18.5 Å². The van der Waals surface area contributed by atoms with Crippen LogP contribution in [-0.4, -0.2) is 69.1 Å². The highest BCUT2D eigenvalue weighted by Crippen LogP contribution is 2.13.